The van der Waals surface area contributed by atoms with Crippen LogP contribution in [0.2, 0.25) is 0 Å². The lowest BCUT2D eigenvalue weighted by Gasteiger charge is -2.08. The summed E-state index contributed by atoms with van der Waals surface area (Å²) in [5.74, 6) is -2.38. The quantitative estimate of drug-likeness (QED) is 0.545. The Morgan fingerprint density at radius 2 is 2.08 bits per heavy atom. The zero-order valence-electron chi connectivity index (χ0n) is 13.3. The number of H-pyrrole nitrogens is 1. The molecule has 0 saturated carbocycles. The van der Waals surface area contributed by atoms with Crippen LogP contribution in [0.25, 0.3) is 10.9 Å². The maximum atomic E-state index is 13.8. The lowest BCUT2D eigenvalue weighted by Crippen LogP contribution is -2.27. The van der Waals surface area contributed by atoms with Crippen molar-refractivity contribution in [2.24, 2.45) is 5.73 Å². The van der Waals surface area contributed by atoms with E-state index in [0.29, 0.717) is 6.42 Å². The average molecular weight is 395 g/mol. The molecule has 3 aromatic rings. The van der Waals surface area contributed by atoms with E-state index in [1.54, 1.807) is 0 Å². The molecule has 136 valence electrons. The SMILES string of the molecule is NC(=O)c1c(F)[nH]c2ccc(S(=O)(=O)NCCc3cccs3)cc2c1=O. The number of pyridine rings is 1. The molecule has 4 N–H and O–H groups in total. The van der Waals surface area contributed by atoms with Gasteiger partial charge in [0, 0.05) is 16.8 Å². The summed E-state index contributed by atoms with van der Waals surface area (Å²) in [6.45, 7) is 0.188. The summed E-state index contributed by atoms with van der Waals surface area (Å²) in [5.41, 5.74) is 3.28. The third-order valence-electron chi connectivity index (χ3n) is 3.73. The van der Waals surface area contributed by atoms with Gasteiger partial charge in [-0.3, -0.25) is 9.59 Å². The van der Waals surface area contributed by atoms with E-state index in [1.807, 2.05) is 17.5 Å². The van der Waals surface area contributed by atoms with Crippen LogP contribution in [0.3, 0.4) is 0 Å². The number of fused-ring (bicyclic) bond motifs is 1. The molecule has 2 heterocycles. The van der Waals surface area contributed by atoms with Gasteiger partial charge in [0.1, 0.15) is 5.56 Å². The average Bonchev–Trinajstić information content (AvgIpc) is 3.07. The second-order valence-electron chi connectivity index (χ2n) is 5.44. The minimum absolute atomic E-state index is 0.0648. The molecule has 2 aromatic heterocycles. The number of nitrogens with two attached hydrogens (primary N) is 1. The molecule has 0 spiro atoms. The standard InChI is InChI=1S/C16H14FN3O4S2/c17-15-13(16(18)22)14(21)11-8-10(3-4-12(11)20-15)26(23,24)19-6-5-9-2-1-7-25-9/h1-4,7-8,19H,5-6H2,(H2,18,22)(H,20,21). The van der Waals surface area contributed by atoms with Crippen molar-refractivity contribution in [3.8, 4) is 0 Å². The van der Waals surface area contributed by atoms with Gasteiger partial charge in [-0.25, -0.2) is 13.1 Å². The first-order valence-electron chi connectivity index (χ1n) is 7.47. The van der Waals surface area contributed by atoms with Crippen molar-refractivity contribution < 1.29 is 17.6 Å². The second-order valence-corrected chi connectivity index (χ2v) is 8.24. The van der Waals surface area contributed by atoms with Crippen molar-refractivity contribution in [1.29, 1.82) is 0 Å². The highest BCUT2D eigenvalue weighted by Gasteiger charge is 2.20. The third kappa shape index (κ3) is 3.52. The predicted molar refractivity (Wildman–Crippen MR) is 96.3 cm³/mol. The number of rotatable bonds is 6. The van der Waals surface area contributed by atoms with Gasteiger partial charge < -0.3 is 10.7 Å². The molecule has 0 aliphatic heterocycles. The topological polar surface area (TPSA) is 122 Å². The fourth-order valence-electron chi connectivity index (χ4n) is 2.47. The number of benzene rings is 1. The number of carbonyl (C=O) groups is 1. The van der Waals surface area contributed by atoms with Crippen molar-refractivity contribution >= 4 is 38.2 Å². The lowest BCUT2D eigenvalue weighted by molar-refractivity contribution is 0.0994. The number of sulfonamides is 1. The second kappa shape index (κ2) is 6.98. The molecule has 0 atom stereocenters. The number of hydrogen-bond acceptors (Lipinski definition) is 5. The van der Waals surface area contributed by atoms with E-state index in [1.165, 1.54) is 23.5 Å². The predicted octanol–water partition coefficient (Wildman–Crippen LogP) is 1.35. The molecular formula is C16H14FN3O4S2. The third-order valence-corrected chi connectivity index (χ3v) is 6.12. The maximum Gasteiger partial charge on any atom is 0.257 e. The normalized spacial score (nSPS) is 11.7. The summed E-state index contributed by atoms with van der Waals surface area (Å²) >= 11 is 1.52. The Morgan fingerprint density at radius 1 is 1.31 bits per heavy atom. The van der Waals surface area contributed by atoms with Crippen LogP contribution in [-0.4, -0.2) is 25.9 Å². The largest absolute Gasteiger partial charge is 0.365 e. The van der Waals surface area contributed by atoms with E-state index in [4.69, 9.17) is 5.73 Å². The van der Waals surface area contributed by atoms with Gasteiger partial charge >= 0.3 is 0 Å². The number of nitrogens with one attached hydrogen (secondary N) is 2. The number of carbonyl (C=O) groups excluding carboxylic acids is 1. The highest BCUT2D eigenvalue weighted by Crippen LogP contribution is 2.17. The summed E-state index contributed by atoms with van der Waals surface area (Å²) in [6, 6.07) is 7.37. The van der Waals surface area contributed by atoms with Crippen molar-refractivity contribution in [2.75, 3.05) is 6.54 Å². The number of hydrogen-bond donors (Lipinski definition) is 3. The van der Waals surface area contributed by atoms with Crippen LogP contribution in [-0.2, 0) is 16.4 Å². The van der Waals surface area contributed by atoms with Gasteiger partial charge in [0.15, 0.2) is 0 Å². The number of aromatic amines is 1. The van der Waals surface area contributed by atoms with Crippen molar-refractivity contribution in [3.05, 3.63) is 62.3 Å². The van der Waals surface area contributed by atoms with Crippen molar-refractivity contribution in [2.45, 2.75) is 11.3 Å². The number of amides is 1. The molecule has 0 radical (unpaired) electrons. The number of aromatic nitrogens is 1. The van der Waals surface area contributed by atoms with Crippen LogP contribution in [0.15, 0.2) is 45.4 Å². The number of halogens is 1. The Bertz CT molecular complexity index is 1140. The van der Waals surface area contributed by atoms with Gasteiger partial charge in [-0.2, -0.15) is 4.39 Å². The molecular weight excluding hydrogens is 381 g/mol. The Morgan fingerprint density at radius 3 is 2.73 bits per heavy atom. The minimum Gasteiger partial charge on any atom is -0.365 e. The summed E-state index contributed by atoms with van der Waals surface area (Å²) < 4.78 is 41.1. The van der Waals surface area contributed by atoms with Gasteiger partial charge in [0.25, 0.3) is 5.91 Å². The van der Waals surface area contributed by atoms with Gasteiger partial charge in [0.05, 0.1) is 10.4 Å². The molecule has 0 saturated heterocycles. The molecule has 10 heteroatoms. The Balaban J connectivity index is 1.94. The van der Waals surface area contributed by atoms with Crippen LogP contribution in [0, 0.1) is 5.95 Å². The summed E-state index contributed by atoms with van der Waals surface area (Å²) in [5, 5.41) is 1.76. The fourth-order valence-corrected chi connectivity index (χ4v) is 4.24. The van der Waals surface area contributed by atoms with Gasteiger partial charge in [-0.05, 0) is 36.1 Å². The van der Waals surface area contributed by atoms with E-state index in [-0.39, 0.29) is 22.3 Å². The number of primary amides is 1. The summed E-state index contributed by atoms with van der Waals surface area (Å²) in [7, 11) is -3.87. The molecule has 0 aliphatic rings. The van der Waals surface area contributed by atoms with Crippen molar-refractivity contribution in [1.82, 2.24) is 9.71 Å². The Labute approximate surface area is 151 Å². The lowest BCUT2D eigenvalue weighted by atomic mass is 10.1. The van der Waals surface area contributed by atoms with Gasteiger partial charge in [0.2, 0.25) is 21.4 Å². The summed E-state index contributed by atoms with van der Waals surface area (Å²) in [6.07, 6.45) is 0.530. The van der Waals surface area contributed by atoms with E-state index in [0.717, 1.165) is 10.9 Å². The Kier molecular flexibility index (Phi) is 4.90. The summed E-state index contributed by atoms with van der Waals surface area (Å²) in [4.78, 5) is 26.6. The highest BCUT2D eigenvalue weighted by molar-refractivity contribution is 7.89. The van der Waals surface area contributed by atoms with Crippen LogP contribution in [0.1, 0.15) is 15.2 Å². The molecule has 1 aromatic carbocycles. The number of thiophene rings is 1. The monoisotopic (exact) mass is 395 g/mol. The van der Waals surface area contributed by atoms with Gasteiger partial charge in [-0.15, -0.1) is 11.3 Å². The molecule has 0 unspecified atom stereocenters. The van der Waals surface area contributed by atoms with E-state index >= 15 is 0 Å². The van der Waals surface area contributed by atoms with Crippen molar-refractivity contribution in [3.63, 3.8) is 0 Å². The van der Waals surface area contributed by atoms with E-state index < -0.39 is 32.9 Å². The van der Waals surface area contributed by atoms with Crippen LogP contribution < -0.4 is 15.9 Å². The highest BCUT2D eigenvalue weighted by atomic mass is 32.2. The van der Waals surface area contributed by atoms with Crippen LogP contribution >= 0.6 is 11.3 Å². The smallest absolute Gasteiger partial charge is 0.257 e. The molecule has 26 heavy (non-hydrogen) atoms. The zero-order chi connectivity index (χ0) is 18.9. The Hall–Kier alpha value is -2.56. The molecule has 1 amide bonds. The maximum absolute atomic E-state index is 13.8. The van der Waals surface area contributed by atoms with E-state index in [9.17, 15) is 22.4 Å². The molecule has 0 bridgehead atoms. The zero-order valence-corrected chi connectivity index (χ0v) is 14.9. The first-order valence-corrected chi connectivity index (χ1v) is 9.83. The van der Waals surface area contributed by atoms with E-state index in [2.05, 4.69) is 9.71 Å². The van der Waals surface area contributed by atoms with Crippen LogP contribution in [0.5, 0.6) is 0 Å². The molecule has 7 nitrogen and oxygen atoms in total. The van der Waals surface area contributed by atoms with Crippen LogP contribution in [0.4, 0.5) is 4.39 Å². The minimum atomic E-state index is -3.87. The molecule has 0 aliphatic carbocycles. The van der Waals surface area contributed by atoms with Gasteiger partial charge in [-0.1, -0.05) is 6.07 Å². The fraction of sp³-hybridized carbons (Fsp3) is 0.125. The molecule has 3 rings (SSSR count). The first-order chi connectivity index (χ1) is 12.3. The first kappa shape index (κ1) is 18.2. The molecule has 0 fully saturated rings.